The van der Waals surface area contributed by atoms with Crippen molar-refractivity contribution in [3.05, 3.63) is 12.2 Å². The first kappa shape index (κ1) is 32.1. The molecule has 0 N–H and O–H groups in total. The molecule has 0 aromatic carbocycles. The Kier molecular flexibility index (Phi) is 18.0. The molecule has 0 atom stereocenters. The van der Waals surface area contributed by atoms with E-state index >= 15 is 0 Å². The zero-order valence-electron chi connectivity index (χ0n) is 21.7. The van der Waals surface area contributed by atoms with Gasteiger partial charge in [-0.2, -0.15) is 0 Å². The van der Waals surface area contributed by atoms with Gasteiger partial charge in [-0.15, -0.1) is 0 Å². The zero-order valence-corrected chi connectivity index (χ0v) is 21.7. The number of amides is 2. The quantitative estimate of drug-likeness (QED) is 0.105. The molecule has 0 saturated carbocycles. The monoisotopic (exact) mass is 519 g/mol. The van der Waals surface area contributed by atoms with Gasteiger partial charge in [-0.3, -0.25) is 14.5 Å². The minimum Gasteiger partial charge on any atom is -0.458 e. The first-order valence-corrected chi connectivity index (χ1v) is 12.1. The van der Waals surface area contributed by atoms with E-state index in [1.54, 1.807) is 20.8 Å². The molecule has 0 aromatic heterocycles. The molecular formula is C24H41NO11. The van der Waals surface area contributed by atoms with Crippen molar-refractivity contribution in [1.29, 1.82) is 0 Å². The van der Waals surface area contributed by atoms with E-state index in [-0.39, 0.29) is 31.6 Å². The van der Waals surface area contributed by atoms with Gasteiger partial charge in [0.05, 0.1) is 92.4 Å². The Balaban J connectivity index is 1.70. The van der Waals surface area contributed by atoms with Gasteiger partial charge in [-0.1, -0.05) is 0 Å². The average molecular weight is 520 g/mol. The molecule has 12 nitrogen and oxygen atoms in total. The van der Waals surface area contributed by atoms with Crippen molar-refractivity contribution in [3.63, 3.8) is 0 Å². The second-order valence-electron chi connectivity index (χ2n) is 8.47. The number of imide groups is 1. The Bertz CT molecular complexity index is 630. The SMILES string of the molecule is CC(C)(C)OC(=O)COCCOCCOCCOCCOCCOCCOCCN1C(=O)C=CC1=O. The van der Waals surface area contributed by atoms with Crippen molar-refractivity contribution in [3.8, 4) is 0 Å². The van der Waals surface area contributed by atoms with Crippen LogP contribution in [0.4, 0.5) is 0 Å². The number of nitrogens with zero attached hydrogens (tertiary/aromatic N) is 1. The molecule has 1 rings (SSSR count). The summed E-state index contributed by atoms with van der Waals surface area (Å²) in [6, 6.07) is 0. The van der Waals surface area contributed by atoms with Crippen molar-refractivity contribution in [2.75, 3.05) is 99.0 Å². The van der Waals surface area contributed by atoms with E-state index in [1.165, 1.54) is 12.2 Å². The Labute approximate surface area is 213 Å². The summed E-state index contributed by atoms with van der Waals surface area (Å²) in [5.41, 5.74) is -0.514. The van der Waals surface area contributed by atoms with Crippen LogP contribution in [0.25, 0.3) is 0 Å². The lowest BCUT2D eigenvalue weighted by atomic mass is 10.2. The maximum atomic E-state index is 11.5. The number of rotatable bonds is 23. The van der Waals surface area contributed by atoms with Gasteiger partial charge in [0.1, 0.15) is 12.2 Å². The highest BCUT2D eigenvalue weighted by molar-refractivity contribution is 6.12. The molecule has 36 heavy (non-hydrogen) atoms. The fourth-order valence-electron chi connectivity index (χ4n) is 2.65. The molecule has 0 aliphatic carbocycles. The largest absolute Gasteiger partial charge is 0.458 e. The van der Waals surface area contributed by atoms with Gasteiger partial charge >= 0.3 is 5.97 Å². The summed E-state index contributed by atoms with van der Waals surface area (Å²) in [6.45, 7) is 10.9. The molecule has 0 spiro atoms. The predicted molar refractivity (Wildman–Crippen MR) is 127 cm³/mol. The highest BCUT2D eigenvalue weighted by Crippen LogP contribution is 2.06. The molecule has 0 bridgehead atoms. The molecule has 0 aromatic rings. The lowest BCUT2D eigenvalue weighted by molar-refractivity contribution is -0.160. The van der Waals surface area contributed by atoms with Crippen molar-refractivity contribution in [1.82, 2.24) is 4.90 Å². The molecule has 12 heteroatoms. The molecule has 1 aliphatic heterocycles. The van der Waals surface area contributed by atoms with Crippen LogP contribution in [0.15, 0.2) is 12.2 Å². The van der Waals surface area contributed by atoms with Crippen LogP contribution in [0, 0.1) is 0 Å². The fraction of sp³-hybridized carbons (Fsp3) is 0.792. The van der Waals surface area contributed by atoms with Crippen molar-refractivity contribution in [2.24, 2.45) is 0 Å². The Morgan fingerprint density at radius 2 is 0.944 bits per heavy atom. The van der Waals surface area contributed by atoms with Gasteiger partial charge in [0, 0.05) is 12.2 Å². The normalized spacial score (nSPS) is 13.7. The molecule has 1 heterocycles. The van der Waals surface area contributed by atoms with E-state index in [1.807, 2.05) is 0 Å². The molecule has 0 saturated heterocycles. The summed E-state index contributed by atoms with van der Waals surface area (Å²) in [5, 5.41) is 0. The van der Waals surface area contributed by atoms with Gasteiger partial charge in [0.2, 0.25) is 0 Å². The van der Waals surface area contributed by atoms with Crippen LogP contribution >= 0.6 is 0 Å². The van der Waals surface area contributed by atoms with E-state index in [0.717, 1.165) is 4.90 Å². The van der Waals surface area contributed by atoms with Crippen molar-refractivity contribution >= 4 is 17.8 Å². The van der Waals surface area contributed by atoms with Gasteiger partial charge in [-0.25, -0.2) is 4.79 Å². The van der Waals surface area contributed by atoms with Crippen LogP contribution < -0.4 is 0 Å². The number of esters is 1. The van der Waals surface area contributed by atoms with Crippen LogP contribution in [0.5, 0.6) is 0 Å². The minimum atomic E-state index is -0.514. The number of carbonyl (C=O) groups excluding carboxylic acids is 3. The maximum absolute atomic E-state index is 11.5. The summed E-state index contributed by atoms with van der Waals surface area (Å²) in [7, 11) is 0. The molecule has 0 fully saturated rings. The fourth-order valence-corrected chi connectivity index (χ4v) is 2.65. The zero-order chi connectivity index (χ0) is 26.5. The van der Waals surface area contributed by atoms with Crippen LogP contribution in [0.1, 0.15) is 20.8 Å². The van der Waals surface area contributed by atoms with Crippen LogP contribution in [-0.2, 0) is 52.3 Å². The number of hydrogen-bond donors (Lipinski definition) is 0. The second kappa shape index (κ2) is 20.2. The number of hydrogen-bond acceptors (Lipinski definition) is 11. The first-order chi connectivity index (χ1) is 17.3. The van der Waals surface area contributed by atoms with Crippen LogP contribution in [0.3, 0.4) is 0 Å². The summed E-state index contributed by atoms with van der Waals surface area (Å²) in [4.78, 5) is 35.3. The lowest BCUT2D eigenvalue weighted by Crippen LogP contribution is -2.33. The van der Waals surface area contributed by atoms with E-state index in [2.05, 4.69) is 0 Å². The smallest absolute Gasteiger partial charge is 0.332 e. The summed E-state index contributed by atoms with van der Waals surface area (Å²) >= 11 is 0. The molecule has 208 valence electrons. The highest BCUT2D eigenvalue weighted by Gasteiger charge is 2.22. The molecule has 0 unspecified atom stereocenters. The molecule has 1 aliphatic rings. The van der Waals surface area contributed by atoms with E-state index < -0.39 is 11.6 Å². The molecule has 0 radical (unpaired) electrons. The van der Waals surface area contributed by atoms with Gasteiger partial charge in [0.25, 0.3) is 11.8 Å². The summed E-state index contributed by atoms with van der Waals surface area (Å²) in [6.07, 6.45) is 2.50. The Morgan fingerprint density at radius 1 is 0.611 bits per heavy atom. The topological polar surface area (TPSA) is 128 Å². The first-order valence-electron chi connectivity index (χ1n) is 12.1. The third kappa shape index (κ3) is 18.4. The Hall–Kier alpha value is -1.93. The van der Waals surface area contributed by atoms with Crippen LogP contribution in [-0.4, -0.2) is 127 Å². The maximum Gasteiger partial charge on any atom is 0.332 e. The van der Waals surface area contributed by atoms with Gasteiger partial charge in [-0.05, 0) is 20.8 Å². The highest BCUT2D eigenvalue weighted by atomic mass is 16.6. The standard InChI is InChI=1S/C24H41NO11/c1-24(2,3)36-23(28)20-35-19-18-34-17-16-33-15-14-32-13-12-31-11-10-30-9-8-29-7-6-25-21(26)4-5-22(25)27/h4-5H,6-20H2,1-3H3. The summed E-state index contributed by atoms with van der Waals surface area (Å²) < 4.78 is 42.6. The Morgan fingerprint density at radius 3 is 1.31 bits per heavy atom. The second-order valence-corrected chi connectivity index (χ2v) is 8.47. The minimum absolute atomic E-state index is 0.0900. The number of ether oxygens (including phenoxy) is 8. The van der Waals surface area contributed by atoms with E-state index in [9.17, 15) is 14.4 Å². The van der Waals surface area contributed by atoms with Gasteiger partial charge in [0.15, 0.2) is 0 Å². The van der Waals surface area contributed by atoms with Crippen molar-refractivity contribution < 1.29 is 52.3 Å². The van der Waals surface area contributed by atoms with Gasteiger partial charge < -0.3 is 37.9 Å². The van der Waals surface area contributed by atoms with E-state index in [0.29, 0.717) is 79.3 Å². The third-order valence-electron chi connectivity index (χ3n) is 4.23. The third-order valence-corrected chi connectivity index (χ3v) is 4.23. The number of carbonyl (C=O) groups is 3. The van der Waals surface area contributed by atoms with Crippen LogP contribution in [0.2, 0.25) is 0 Å². The lowest BCUT2D eigenvalue weighted by Gasteiger charge is -2.19. The predicted octanol–water partition coefficient (Wildman–Crippen LogP) is 0.369. The summed E-state index contributed by atoms with van der Waals surface area (Å²) in [5.74, 6) is -1.01. The molecular weight excluding hydrogens is 478 g/mol. The average Bonchev–Trinajstić information content (AvgIpc) is 3.13. The van der Waals surface area contributed by atoms with E-state index in [4.69, 9.17) is 37.9 Å². The molecule has 2 amide bonds. The van der Waals surface area contributed by atoms with Crippen molar-refractivity contribution in [2.45, 2.75) is 26.4 Å².